The van der Waals surface area contributed by atoms with Gasteiger partial charge in [0.05, 0.1) is 92.3 Å². The van der Waals surface area contributed by atoms with Crippen molar-refractivity contribution in [3.8, 4) is 40.2 Å². The minimum Gasteiger partial charge on any atom is -0.508 e. The largest absolute Gasteiger partial charge is 0.508 e. The molecule has 0 fully saturated rings. The summed E-state index contributed by atoms with van der Waals surface area (Å²) in [6.45, 7) is 3.59. The van der Waals surface area contributed by atoms with E-state index in [1.165, 1.54) is 55.2 Å². The molecule has 0 bridgehead atoms. The number of phenolic OH excluding ortho intramolecular Hbond substituents is 1. The number of hydrogen-bond acceptors (Lipinski definition) is 29. The fourth-order valence-corrected chi connectivity index (χ4v) is 12.8. The zero-order valence-corrected chi connectivity index (χ0v) is 68.8. The van der Waals surface area contributed by atoms with Crippen molar-refractivity contribution in [2.75, 3.05) is 76.6 Å². The van der Waals surface area contributed by atoms with Crippen LogP contribution in [-0.2, 0) is 99.9 Å². The van der Waals surface area contributed by atoms with E-state index in [0.29, 0.717) is 127 Å². The molecule has 0 saturated heterocycles. The molecule has 7 unspecified atom stereocenters. The molecule has 0 radical (unpaired) electrons. The van der Waals surface area contributed by atoms with Crippen LogP contribution in [0, 0.1) is 6.92 Å². The van der Waals surface area contributed by atoms with Crippen LogP contribution in [0.3, 0.4) is 0 Å². The number of fused-ring (bicyclic) bond motifs is 3. The number of aromatic hydroxyl groups is 1. The second-order valence-electron chi connectivity index (χ2n) is 27.7. The van der Waals surface area contributed by atoms with Gasteiger partial charge < -0.3 is 99.8 Å². The van der Waals surface area contributed by atoms with Gasteiger partial charge in [-0.15, -0.1) is 0 Å². The summed E-state index contributed by atoms with van der Waals surface area (Å²) in [4.78, 5) is 83.3. The van der Waals surface area contributed by atoms with Gasteiger partial charge in [-0.25, -0.2) is 33.6 Å². The van der Waals surface area contributed by atoms with Crippen molar-refractivity contribution >= 4 is 60.0 Å². The van der Waals surface area contributed by atoms with Crippen LogP contribution in [0.1, 0.15) is 114 Å². The van der Waals surface area contributed by atoms with Crippen LogP contribution >= 0.6 is 0 Å². The molecule has 123 heavy (non-hydrogen) atoms. The Labute approximate surface area is 710 Å². The number of phenols is 1. The van der Waals surface area contributed by atoms with Crippen LogP contribution in [0.5, 0.6) is 40.2 Å². The minimum absolute atomic E-state index is 0.223. The van der Waals surface area contributed by atoms with Crippen LogP contribution < -0.4 is 28.4 Å². The summed E-state index contributed by atoms with van der Waals surface area (Å²) in [6.07, 6.45) is 26.0. The summed E-state index contributed by atoms with van der Waals surface area (Å²) in [7, 11) is 10.8. The number of nitrogens with zero attached hydrogens (tertiary/aromatic N) is 1. The smallest absolute Gasteiger partial charge is 0.334 e. The van der Waals surface area contributed by atoms with Gasteiger partial charge in [-0.1, -0.05) is 115 Å². The first-order valence-electron chi connectivity index (χ1n) is 38.9. The molecule has 0 aliphatic carbocycles. The number of rotatable bonds is 17. The van der Waals surface area contributed by atoms with E-state index < -0.39 is 5.97 Å². The van der Waals surface area contributed by atoms with E-state index in [2.05, 4.69) is 4.98 Å². The maximum Gasteiger partial charge on any atom is 0.334 e. The molecule has 29 heteroatoms. The normalized spacial score (nSPS) is 20.5. The number of carbonyl (C=O) groups is 7. The number of ether oxygens (including phenoxy) is 20. The summed E-state index contributed by atoms with van der Waals surface area (Å²) >= 11 is 0. The summed E-state index contributed by atoms with van der Waals surface area (Å²) in [5, 5.41) is 9.16. The quantitative estimate of drug-likeness (QED) is 0.0653. The van der Waals surface area contributed by atoms with Gasteiger partial charge in [0, 0.05) is 57.3 Å². The second-order valence-corrected chi connectivity index (χ2v) is 27.7. The van der Waals surface area contributed by atoms with Gasteiger partial charge in [0.15, 0.2) is 34.5 Å². The van der Waals surface area contributed by atoms with Crippen molar-refractivity contribution in [1.29, 1.82) is 0 Å². The fourth-order valence-electron chi connectivity index (χ4n) is 12.8. The predicted molar refractivity (Wildman–Crippen MR) is 443 cm³/mol. The zero-order valence-electron chi connectivity index (χ0n) is 68.8. The van der Waals surface area contributed by atoms with Crippen molar-refractivity contribution in [3.05, 3.63) is 304 Å². The first-order chi connectivity index (χ1) is 59.7. The Morgan fingerprint density at radius 2 is 0.626 bits per heavy atom. The molecule has 6 aromatic carbocycles. The lowest BCUT2D eigenvalue weighted by atomic mass is 10.0. The first kappa shape index (κ1) is 89.2. The van der Waals surface area contributed by atoms with E-state index >= 15 is 0 Å². The molecule has 10 aliphatic rings. The molecule has 0 amide bonds. The molecule has 1 N–H and O–H groups in total. The lowest BCUT2D eigenvalue weighted by Gasteiger charge is -2.24. The Balaban J connectivity index is 0.000000140. The van der Waals surface area contributed by atoms with Gasteiger partial charge in [-0.05, 0) is 119 Å². The van der Waals surface area contributed by atoms with E-state index in [-0.39, 0.29) is 97.9 Å². The first-order valence-corrected chi connectivity index (χ1v) is 38.9. The van der Waals surface area contributed by atoms with Crippen molar-refractivity contribution in [2.24, 2.45) is 0 Å². The molecule has 1 aromatic heterocycles. The number of hydrogen-bond donors (Lipinski definition) is 1. The van der Waals surface area contributed by atoms with Gasteiger partial charge in [0.1, 0.15) is 102 Å². The van der Waals surface area contributed by atoms with Gasteiger partial charge >= 0.3 is 41.8 Å². The monoisotopic (exact) mass is 1680 g/mol. The van der Waals surface area contributed by atoms with E-state index in [9.17, 15) is 33.6 Å². The van der Waals surface area contributed by atoms with Crippen molar-refractivity contribution in [3.63, 3.8) is 0 Å². The van der Waals surface area contributed by atoms with Gasteiger partial charge in [0.2, 0.25) is 13.6 Å². The summed E-state index contributed by atoms with van der Waals surface area (Å²) in [6, 6.07) is 45.0. The molecule has 29 nitrogen and oxygen atoms in total. The lowest BCUT2D eigenvalue weighted by molar-refractivity contribution is -0.146. The van der Waals surface area contributed by atoms with Gasteiger partial charge in [0.25, 0.3) is 0 Å². The molecule has 11 heterocycles. The predicted octanol–water partition coefficient (Wildman–Crippen LogP) is 15.1. The molecule has 0 saturated carbocycles. The molecule has 0 spiro atoms. The van der Waals surface area contributed by atoms with Crippen LogP contribution in [0.15, 0.2) is 259 Å². The van der Waals surface area contributed by atoms with Crippen LogP contribution in [-0.4, -0.2) is 147 Å². The molecule has 17 rings (SSSR count). The number of benzene rings is 6. The number of esters is 7. The SMILES string of the molecule is COC1=CC(=O)OC(/C=C/c2ccc(C)cc2)C1.COC1=CC(=O)OC(/C=C/c2ccc(O)cc2)C1.COC1=CC(=O)OC(/C=C/c2cccnc2)C1.COC1=CC(=O)OC(c2ccc3c(c2)OCCO3)C1.COC1=CC(=O)OC(c2ccc3c(c2)OCO3)C1.COC1=CC(=O)OC(c2ccc3c(c2)OCO3)C1.COC1=CC(=O)OC(c2ccccc2)C1. The van der Waals surface area contributed by atoms with Crippen LogP contribution in [0.4, 0.5) is 0 Å². The van der Waals surface area contributed by atoms with E-state index in [4.69, 9.17) is 99.8 Å². The number of methoxy groups -OCH3 is 7. The Hall–Kier alpha value is -14.6. The average Bonchev–Trinajstić information content (AvgIpc) is 1.30. The van der Waals surface area contributed by atoms with Crippen molar-refractivity contribution in [2.45, 2.75) is 94.6 Å². The van der Waals surface area contributed by atoms with Crippen LogP contribution in [0.25, 0.3) is 18.2 Å². The fraction of sp³-hybridized carbons (Fsp3) is 0.277. The number of cyclic esters (lactones) is 7. The minimum atomic E-state index is -0.390. The third-order valence-electron chi connectivity index (χ3n) is 19.2. The Morgan fingerprint density at radius 1 is 0.317 bits per heavy atom. The average molecular weight is 1680 g/mol. The van der Waals surface area contributed by atoms with Gasteiger partial charge in [-0.3, -0.25) is 4.98 Å². The molecule has 7 aromatic rings. The summed E-state index contributed by atoms with van der Waals surface area (Å²) in [5.74, 6) is 6.24. The van der Waals surface area contributed by atoms with E-state index in [0.717, 1.165) is 44.7 Å². The molecular weight excluding hydrogens is 1590 g/mol. The van der Waals surface area contributed by atoms with E-state index in [1.807, 2.05) is 159 Å². The summed E-state index contributed by atoms with van der Waals surface area (Å²) < 4.78 is 104. The number of pyridine rings is 1. The topological polar surface area (TPSA) is 337 Å². The third-order valence-corrected chi connectivity index (χ3v) is 19.2. The van der Waals surface area contributed by atoms with Crippen molar-refractivity contribution in [1.82, 2.24) is 4.98 Å². The highest BCUT2D eigenvalue weighted by Gasteiger charge is 2.31. The Morgan fingerprint density at radius 3 is 0.984 bits per heavy atom. The standard InChI is InChI=1S/C15H16O3.C14H14O5.C14H14O4.C13H13NO3.2C13H12O5.C12H12O3/c1-11-3-5-12(6-4-11)7-8-13-9-14(17-2)10-15(16)18-13;1-16-10-7-12(19-14(15)8-10)9-2-3-11-13(6-9)18-5-4-17-11;1-17-13-8-12(18-14(16)9-13)7-4-10-2-5-11(15)6-3-10;1-16-12-7-11(17-13(15)8-12)5-4-10-3-2-6-14-9-10;2*1-15-9-5-11(18-13(14)6-9)8-2-3-10-12(4-8)17-7-16-10;1-14-10-7-11(15-12(13)8-10)9-5-3-2-4-6-9/h3-8,10,13H,9H2,1-2H3;2-3,6,8,12H,4-5,7H2,1H3;2-7,9,12,15H,8H2,1H3;2-6,8-9,11H,7H2,1H3;2*2-4,6,11H,5,7H2,1H3;2-6,8,11H,7H2,1H3/b8-7+;;7-4+;5-4+;;;. The highest BCUT2D eigenvalue weighted by Crippen LogP contribution is 2.41. The number of aryl methyl sites for hydroxylation is 1. The molecule has 10 aliphatic heterocycles. The highest BCUT2D eigenvalue weighted by molar-refractivity contribution is 5.87. The third kappa shape index (κ3) is 27.5. The van der Waals surface area contributed by atoms with Crippen molar-refractivity contribution < 1.29 is 133 Å². The number of carbonyl (C=O) groups excluding carboxylic acids is 7. The maximum absolute atomic E-state index is 11.5. The highest BCUT2D eigenvalue weighted by atomic mass is 16.7. The Bertz CT molecular complexity index is 4990. The van der Waals surface area contributed by atoms with E-state index in [1.54, 1.807) is 85.4 Å². The van der Waals surface area contributed by atoms with Crippen LogP contribution in [0.2, 0.25) is 0 Å². The Kier molecular flexibility index (Phi) is 32.6. The molecule has 7 atom stereocenters. The molecular formula is C94H93NO28. The van der Waals surface area contributed by atoms with Gasteiger partial charge in [-0.2, -0.15) is 0 Å². The second kappa shape index (κ2) is 45.0. The lowest BCUT2D eigenvalue weighted by Crippen LogP contribution is -2.21. The number of aromatic nitrogens is 1. The molecule has 642 valence electrons. The zero-order chi connectivity index (χ0) is 87.0. The summed E-state index contributed by atoms with van der Waals surface area (Å²) in [5.41, 5.74) is 7.82. The maximum atomic E-state index is 11.5.